The van der Waals surface area contributed by atoms with Gasteiger partial charge in [0.15, 0.2) is 0 Å². The molecule has 164 valence electrons. The van der Waals surface area contributed by atoms with Crippen LogP contribution >= 0.6 is 0 Å². The molecule has 0 spiro atoms. The molecule has 0 saturated carbocycles. The lowest BCUT2D eigenvalue weighted by Crippen LogP contribution is -2.31. The molecule has 1 unspecified atom stereocenters. The van der Waals surface area contributed by atoms with E-state index in [-0.39, 0.29) is 17.9 Å². The van der Waals surface area contributed by atoms with Gasteiger partial charge >= 0.3 is 0 Å². The smallest absolute Gasteiger partial charge is 0.251 e. The van der Waals surface area contributed by atoms with E-state index in [1.54, 1.807) is 40.0 Å². The highest BCUT2D eigenvalue weighted by atomic mass is 19.1. The summed E-state index contributed by atoms with van der Waals surface area (Å²) in [5.74, 6) is -1.44. The lowest BCUT2D eigenvalue weighted by Gasteiger charge is -2.24. The zero-order valence-electron chi connectivity index (χ0n) is 17.4. The van der Waals surface area contributed by atoms with Crippen molar-refractivity contribution in [1.29, 1.82) is 0 Å². The lowest BCUT2D eigenvalue weighted by atomic mass is 9.92. The average molecular weight is 436 g/mol. The van der Waals surface area contributed by atoms with Gasteiger partial charge in [0, 0.05) is 41.5 Å². The molecule has 32 heavy (non-hydrogen) atoms. The Morgan fingerprint density at radius 3 is 2.44 bits per heavy atom. The van der Waals surface area contributed by atoms with Crippen molar-refractivity contribution < 1.29 is 18.4 Å². The van der Waals surface area contributed by atoms with Crippen molar-refractivity contribution in [3.05, 3.63) is 77.1 Å². The number of amides is 2. The number of benzene rings is 2. The van der Waals surface area contributed by atoms with Gasteiger partial charge in [0.1, 0.15) is 11.6 Å². The first-order valence-electron chi connectivity index (χ1n) is 10.7. The van der Waals surface area contributed by atoms with Gasteiger partial charge in [0.05, 0.1) is 17.9 Å². The standard InChI is InChI=1S/C24H22F2N4O2/c25-16-11-17(26)13-19(12-16)30-22-4-1-3-21(20(22)14-27-30)28-24(32)15-6-8-18(9-7-15)29-10-2-5-23(29)31/h6-9,11-14,21H,1-5,10H2,(H,28,32). The Balaban J connectivity index is 1.34. The fraction of sp³-hybridized carbons (Fsp3) is 0.292. The van der Waals surface area contributed by atoms with E-state index in [2.05, 4.69) is 10.4 Å². The normalized spacial score (nSPS) is 18.0. The van der Waals surface area contributed by atoms with Crippen molar-refractivity contribution in [2.75, 3.05) is 11.4 Å². The Morgan fingerprint density at radius 2 is 1.75 bits per heavy atom. The summed E-state index contributed by atoms with van der Waals surface area (Å²) in [6.45, 7) is 0.703. The summed E-state index contributed by atoms with van der Waals surface area (Å²) >= 11 is 0. The van der Waals surface area contributed by atoms with Gasteiger partial charge in [0.25, 0.3) is 5.91 Å². The summed E-state index contributed by atoms with van der Waals surface area (Å²) in [4.78, 5) is 26.5. The molecule has 1 atom stereocenters. The number of carbonyl (C=O) groups is 2. The third kappa shape index (κ3) is 3.77. The number of carbonyl (C=O) groups excluding carboxylic acids is 2. The average Bonchev–Trinajstić information content (AvgIpc) is 3.40. The maximum atomic E-state index is 13.7. The highest BCUT2D eigenvalue weighted by Crippen LogP contribution is 2.32. The fourth-order valence-corrected chi connectivity index (χ4v) is 4.55. The molecule has 1 fully saturated rings. The first-order chi connectivity index (χ1) is 15.5. The van der Waals surface area contributed by atoms with Crippen LogP contribution in [0.3, 0.4) is 0 Å². The Labute approximate surface area is 183 Å². The quantitative estimate of drug-likeness (QED) is 0.670. The van der Waals surface area contributed by atoms with Gasteiger partial charge in [-0.25, -0.2) is 13.5 Å². The molecule has 1 N–H and O–H groups in total. The third-order valence-electron chi connectivity index (χ3n) is 6.09. The van der Waals surface area contributed by atoms with Crippen LogP contribution in [0.25, 0.3) is 5.69 Å². The van der Waals surface area contributed by atoms with Crippen LogP contribution in [0.1, 0.15) is 53.3 Å². The number of aromatic nitrogens is 2. The van der Waals surface area contributed by atoms with Gasteiger partial charge in [-0.3, -0.25) is 9.59 Å². The summed E-state index contributed by atoms with van der Waals surface area (Å²) in [6.07, 6.45) is 5.34. The molecule has 1 aliphatic carbocycles. The van der Waals surface area contributed by atoms with Gasteiger partial charge in [0.2, 0.25) is 5.91 Å². The predicted molar refractivity (Wildman–Crippen MR) is 115 cm³/mol. The number of nitrogens with zero attached hydrogens (tertiary/aromatic N) is 3. The van der Waals surface area contributed by atoms with Gasteiger partial charge in [-0.1, -0.05) is 0 Å². The second-order valence-corrected chi connectivity index (χ2v) is 8.20. The lowest BCUT2D eigenvalue weighted by molar-refractivity contribution is -0.117. The first kappa shape index (κ1) is 20.4. The number of hydrogen-bond donors (Lipinski definition) is 1. The number of halogens is 2. The molecule has 2 aromatic carbocycles. The second-order valence-electron chi connectivity index (χ2n) is 8.20. The topological polar surface area (TPSA) is 67.2 Å². The van der Waals surface area contributed by atoms with Crippen LogP contribution < -0.4 is 10.2 Å². The Bertz CT molecular complexity index is 1170. The Hall–Kier alpha value is -3.55. The molecule has 3 aromatic rings. The highest BCUT2D eigenvalue weighted by molar-refractivity contribution is 5.97. The fourth-order valence-electron chi connectivity index (χ4n) is 4.55. The van der Waals surface area contributed by atoms with E-state index in [1.807, 2.05) is 0 Å². The Morgan fingerprint density at radius 1 is 1.00 bits per heavy atom. The van der Waals surface area contributed by atoms with E-state index in [9.17, 15) is 18.4 Å². The number of hydrogen-bond acceptors (Lipinski definition) is 3. The van der Waals surface area contributed by atoms with Crippen LogP contribution in [0.15, 0.2) is 48.7 Å². The van der Waals surface area contributed by atoms with Crippen molar-refractivity contribution in [2.45, 2.75) is 38.1 Å². The number of nitrogens with one attached hydrogen (secondary N) is 1. The molecule has 0 radical (unpaired) electrons. The molecule has 0 bridgehead atoms. The molecule has 2 amide bonds. The molecule has 1 aromatic heterocycles. The van der Waals surface area contributed by atoms with Gasteiger partial charge < -0.3 is 10.2 Å². The van der Waals surface area contributed by atoms with Crippen molar-refractivity contribution in [1.82, 2.24) is 15.1 Å². The van der Waals surface area contributed by atoms with E-state index < -0.39 is 11.6 Å². The van der Waals surface area contributed by atoms with Crippen LogP contribution in [-0.2, 0) is 11.2 Å². The van der Waals surface area contributed by atoms with E-state index >= 15 is 0 Å². The number of fused-ring (bicyclic) bond motifs is 1. The van der Waals surface area contributed by atoms with Crippen molar-refractivity contribution in [3.63, 3.8) is 0 Å². The zero-order chi connectivity index (χ0) is 22.2. The van der Waals surface area contributed by atoms with Gasteiger partial charge in [-0.2, -0.15) is 5.10 Å². The molecule has 2 aliphatic rings. The van der Waals surface area contributed by atoms with Crippen molar-refractivity contribution >= 4 is 17.5 Å². The van der Waals surface area contributed by atoms with E-state index in [0.29, 0.717) is 30.6 Å². The van der Waals surface area contributed by atoms with Crippen molar-refractivity contribution in [2.24, 2.45) is 0 Å². The SMILES string of the molecule is O=C(NC1CCCc2c1cnn2-c1cc(F)cc(F)c1)c1ccc(N2CCCC2=O)cc1. The summed E-state index contributed by atoms with van der Waals surface area (Å²) in [6, 6.07) is 10.1. The molecule has 2 heterocycles. The van der Waals surface area contributed by atoms with Gasteiger partial charge in [-0.15, -0.1) is 0 Å². The first-order valence-corrected chi connectivity index (χ1v) is 10.7. The molecule has 5 rings (SSSR count). The molecule has 8 heteroatoms. The minimum Gasteiger partial charge on any atom is -0.345 e. The van der Waals surface area contributed by atoms with E-state index in [4.69, 9.17) is 0 Å². The van der Waals surface area contributed by atoms with Crippen LogP contribution in [0, 0.1) is 11.6 Å². The minimum absolute atomic E-state index is 0.104. The van der Waals surface area contributed by atoms with Crippen LogP contribution in [-0.4, -0.2) is 28.1 Å². The van der Waals surface area contributed by atoms with Gasteiger partial charge in [-0.05, 0) is 62.1 Å². The maximum absolute atomic E-state index is 13.7. The van der Waals surface area contributed by atoms with Crippen LogP contribution in [0.2, 0.25) is 0 Å². The highest BCUT2D eigenvalue weighted by Gasteiger charge is 2.27. The van der Waals surface area contributed by atoms with Crippen LogP contribution in [0.5, 0.6) is 0 Å². The summed E-state index contributed by atoms with van der Waals surface area (Å²) in [7, 11) is 0. The monoisotopic (exact) mass is 436 g/mol. The summed E-state index contributed by atoms with van der Waals surface area (Å²) < 4.78 is 28.9. The maximum Gasteiger partial charge on any atom is 0.251 e. The third-order valence-corrected chi connectivity index (χ3v) is 6.09. The molecule has 1 aliphatic heterocycles. The number of rotatable bonds is 4. The molecule has 1 saturated heterocycles. The number of anilines is 1. The minimum atomic E-state index is -0.663. The second kappa shape index (κ2) is 8.18. The molecular weight excluding hydrogens is 414 g/mol. The summed E-state index contributed by atoms with van der Waals surface area (Å²) in [5, 5.41) is 7.39. The summed E-state index contributed by atoms with van der Waals surface area (Å²) in [5.41, 5.74) is 3.32. The van der Waals surface area contributed by atoms with E-state index in [0.717, 1.165) is 42.3 Å². The van der Waals surface area contributed by atoms with E-state index in [1.165, 1.54) is 12.1 Å². The molecule has 6 nitrogen and oxygen atoms in total. The van der Waals surface area contributed by atoms with Crippen LogP contribution in [0.4, 0.5) is 14.5 Å². The predicted octanol–water partition coefficient (Wildman–Crippen LogP) is 4.08. The molecular formula is C24H22F2N4O2. The Kier molecular flexibility index (Phi) is 5.20. The van der Waals surface area contributed by atoms with Crippen molar-refractivity contribution in [3.8, 4) is 5.69 Å². The largest absolute Gasteiger partial charge is 0.345 e. The zero-order valence-corrected chi connectivity index (χ0v) is 17.4.